The lowest BCUT2D eigenvalue weighted by atomic mass is 9.97. The summed E-state index contributed by atoms with van der Waals surface area (Å²) in [6.07, 6.45) is 2.62. The number of carbonyl (C=O) groups is 1. The number of piperidine rings is 1. The zero-order chi connectivity index (χ0) is 21.4. The number of ether oxygens (including phenoxy) is 1. The van der Waals surface area contributed by atoms with Crippen LogP contribution in [0.5, 0.6) is 5.75 Å². The molecule has 0 bridgehead atoms. The summed E-state index contributed by atoms with van der Waals surface area (Å²) < 4.78 is 33.0. The molecule has 1 heterocycles. The van der Waals surface area contributed by atoms with Crippen LogP contribution in [0.1, 0.15) is 18.4 Å². The van der Waals surface area contributed by atoms with Crippen LogP contribution >= 0.6 is 15.9 Å². The fourth-order valence-corrected chi connectivity index (χ4v) is 4.83. The molecule has 160 valence electrons. The van der Waals surface area contributed by atoms with Crippen LogP contribution in [0, 0.1) is 5.92 Å². The van der Waals surface area contributed by atoms with Gasteiger partial charge >= 0.3 is 0 Å². The smallest absolute Gasteiger partial charge is 0.236 e. The normalized spacial score (nSPS) is 15.9. The molecule has 0 saturated carbocycles. The maximum Gasteiger partial charge on any atom is 0.236 e. The molecule has 6 nitrogen and oxygen atoms in total. The summed E-state index contributed by atoms with van der Waals surface area (Å²) in [6, 6.07) is 16.8. The third-order valence-electron chi connectivity index (χ3n) is 4.88. The molecule has 8 heteroatoms. The molecule has 1 saturated heterocycles. The standard InChI is InChI=1S/C22H25BrN2O4S/c23-20-7-4-8-21(17-20)29-15-12-24-22(26)19-9-13-25(14-10-19)30(27,28)16-11-18-5-2-1-3-6-18/h1-8,11,16-17,19H,9-10,12-15H2,(H,24,26)/b16-11+. The number of rotatable bonds is 8. The maximum atomic E-state index is 12.5. The molecular weight excluding hydrogens is 468 g/mol. The van der Waals surface area contributed by atoms with Crippen molar-refractivity contribution in [2.45, 2.75) is 12.8 Å². The van der Waals surface area contributed by atoms with Crippen molar-refractivity contribution >= 4 is 37.9 Å². The molecule has 1 N–H and O–H groups in total. The summed E-state index contributed by atoms with van der Waals surface area (Å²) >= 11 is 3.39. The quantitative estimate of drug-likeness (QED) is 0.570. The molecule has 30 heavy (non-hydrogen) atoms. The molecule has 2 aromatic carbocycles. The minimum Gasteiger partial charge on any atom is -0.492 e. The Morgan fingerprint density at radius 3 is 2.57 bits per heavy atom. The predicted molar refractivity (Wildman–Crippen MR) is 121 cm³/mol. The molecule has 0 radical (unpaired) electrons. The van der Waals surface area contributed by atoms with Crippen molar-refractivity contribution in [2.24, 2.45) is 5.92 Å². The second-order valence-electron chi connectivity index (χ2n) is 7.03. The van der Waals surface area contributed by atoms with Gasteiger partial charge in [-0.25, -0.2) is 8.42 Å². The topological polar surface area (TPSA) is 75.7 Å². The molecule has 2 aromatic rings. The molecule has 1 aliphatic heterocycles. The van der Waals surface area contributed by atoms with Crippen molar-refractivity contribution in [3.05, 3.63) is 70.0 Å². The minimum atomic E-state index is -3.49. The minimum absolute atomic E-state index is 0.0512. The van der Waals surface area contributed by atoms with Gasteiger partial charge in [-0.15, -0.1) is 0 Å². The van der Waals surface area contributed by atoms with Crippen LogP contribution in [0.15, 0.2) is 64.5 Å². The van der Waals surface area contributed by atoms with E-state index in [1.54, 1.807) is 6.08 Å². The van der Waals surface area contributed by atoms with Gasteiger partial charge in [0.05, 0.1) is 6.54 Å². The van der Waals surface area contributed by atoms with Gasteiger partial charge in [-0.05, 0) is 42.7 Å². The SMILES string of the molecule is O=C(NCCOc1cccc(Br)c1)C1CCN(S(=O)(=O)/C=C/c2ccccc2)CC1. The largest absolute Gasteiger partial charge is 0.492 e. The van der Waals surface area contributed by atoms with E-state index in [-0.39, 0.29) is 11.8 Å². The summed E-state index contributed by atoms with van der Waals surface area (Å²) in [5.74, 6) is 0.505. The Bertz CT molecular complexity index is 972. The Morgan fingerprint density at radius 2 is 1.87 bits per heavy atom. The van der Waals surface area contributed by atoms with E-state index in [1.807, 2.05) is 54.6 Å². The lowest BCUT2D eigenvalue weighted by Crippen LogP contribution is -2.43. The molecule has 0 spiro atoms. The number of sulfonamides is 1. The number of nitrogens with zero attached hydrogens (tertiary/aromatic N) is 1. The highest BCUT2D eigenvalue weighted by Crippen LogP contribution is 2.21. The van der Waals surface area contributed by atoms with Gasteiger partial charge in [0, 0.05) is 28.9 Å². The number of hydrogen-bond donors (Lipinski definition) is 1. The number of carbonyl (C=O) groups excluding carboxylic acids is 1. The molecule has 1 amide bonds. The van der Waals surface area contributed by atoms with Crippen LogP contribution in [-0.2, 0) is 14.8 Å². The van der Waals surface area contributed by atoms with Crippen molar-refractivity contribution in [1.29, 1.82) is 0 Å². The Labute approximate surface area is 186 Å². The summed E-state index contributed by atoms with van der Waals surface area (Å²) in [4.78, 5) is 12.4. The average Bonchev–Trinajstić information content (AvgIpc) is 2.76. The summed E-state index contributed by atoms with van der Waals surface area (Å²) in [5, 5.41) is 4.12. The maximum absolute atomic E-state index is 12.5. The van der Waals surface area contributed by atoms with Crippen molar-refractivity contribution in [3.8, 4) is 5.75 Å². The highest BCUT2D eigenvalue weighted by Gasteiger charge is 2.29. The first-order valence-corrected chi connectivity index (χ1v) is 12.1. The second kappa shape index (κ2) is 10.7. The van der Waals surface area contributed by atoms with E-state index in [0.29, 0.717) is 39.1 Å². The van der Waals surface area contributed by atoms with Gasteiger partial charge in [0.25, 0.3) is 0 Å². The molecule has 3 rings (SSSR count). The van der Waals surface area contributed by atoms with E-state index in [2.05, 4.69) is 21.2 Å². The van der Waals surface area contributed by atoms with Crippen LogP contribution in [-0.4, -0.2) is 44.9 Å². The second-order valence-corrected chi connectivity index (χ2v) is 9.76. The van der Waals surface area contributed by atoms with Crippen molar-refractivity contribution in [2.75, 3.05) is 26.2 Å². The van der Waals surface area contributed by atoms with Gasteiger partial charge in [-0.1, -0.05) is 52.3 Å². The number of amides is 1. The molecule has 0 aromatic heterocycles. The third kappa shape index (κ3) is 6.68. The van der Waals surface area contributed by atoms with E-state index in [1.165, 1.54) is 9.71 Å². The van der Waals surface area contributed by atoms with Gasteiger partial charge in [0.1, 0.15) is 12.4 Å². The van der Waals surface area contributed by atoms with Crippen LogP contribution in [0.25, 0.3) is 6.08 Å². The molecule has 0 aliphatic carbocycles. The van der Waals surface area contributed by atoms with Crippen molar-refractivity contribution < 1.29 is 17.9 Å². The Morgan fingerprint density at radius 1 is 1.13 bits per heavy atom. The van der Waals surface area contributed by atoms with Gasteiger partial charge in [0.15, 0.2) is 0 Å². The molecule has 0 unspecified atom stereocenters. The predicted octanol–water partition coefficient (Wildman–Crippen LogP) is 3.66. The molecule has 1 fully saturated rings. The highest BCUT2D eigenvalue weighted by atomic mass is 79.9. The Kier molecular flexibility index (Phi) is 8.07. The fraction of sp³-hybridized carbons (Fsp3) is 0.318. The number of benzene rings is 2. The zero-order valence-corrected chi connectivity index (χ0v) is 18.9. The fourth-order valence-electron chi connectivity index (χ4n) is 3.23. The van der Waals surface area contributed by atoms with Crippen LogP contribution in [0.2, 0.25) is 0 Å². The van der Waals surface area contributed by atoms with Crippen LogP contribution < -0.4 is 10.1 Å². The van der Waals surface area contributed by atoms with Gasteiger partial charge in [-0.2, -0.15) is 4.31 Å². The van der Waals surface area contributed by atoms with E-state index < -0.39 is 10.0 Å². The zero-order valence-electron chi connectivity index (χ0n) is 16.5. The third-order valence-corrected chi connectivity index (χ3v) is 6.94. The first kappa shape index (κ1) is 22.5. The van der Waals surface area contributed by atoms with Crippen molar-refractivity contribution in [1.82, 2.24) is 9.62 Å². The first-order chi connectivity index (χ1) is 14.4. The molecule has 1 aliphatic rings. The van der Waals surface area contributed by atoms with E-state index in [4.69, 9.17) is 4.74 Å². The van der Waals surface area contributed by atoms with E-state index in [0.717, 1.165) is 15.8 Å². The van der Waals surface area contributed by atoms with Crippen molar-refractivity contribution in [3.63, 3.8) is 0 Å². The number of nitrogens with one attached hydrogen (secondary N) is 1. The summed E-state index contributed by atoms with van der Waals surface area (Å²) in [5.41, 5.74) is 0.834. The lowest BCUT2D eigenvalue weighted by molar-refractivity contribution is -0.126. The van der Waals surface area contributed by atoms with Crippen LogP contribution in [0.4, 0.5) is 0 Å². The number of hydrogen-bond acceptors (Lipinski definition) is 4. The highest BCUT2D eigenvalue weighted by molar-refractivity contribution is 9.10. The molecule has 0 atom stereocenters. The van der Waals surface area contributed by atoms with Crippen LogP contribution in [0.3, 0.4) is 0 Å². The summed E-state index contributed by atoms with van der Waals surface area (Å²) in [6.45, 7) is 1.46. The Hall–Kier alpha value is -2.16. The Balaban J connectivity index is 1.41. The van der Waals surface area contributed by atoms with E-state index in [9.17, 15) is 13.2 Å². The van der Waals surface area contributed by atoms with E-state index >= 15 is 0 Å². The van der Waals surface area contributed by atoms with Gasteiger partial charge < -0.3 is 10.1 Å². The number of halogens is 1. The first-order valence-electron chi connectivity index (χ1n) is 9.83. The van der Waals surface area contributed by atoms with Gasteiger partial charge in [-0.3, -0.25) is 4.79 Å². The van der Waals surface area contributed by atoms with Gasteiger partial charge in [0.2, 0.25) is 15.9 Å². The molecular formula is C22H25BrN2O4S. The average molecular weight is 493 g/mol. The monoisotopic (exact) mass is 492 g/mol. The summed E-state index contributed by atoms with van der Waals surface area (Å²) in [7, 11) is -3.49. The lowest BCUT2D eigenvalue weighted by Gasteiger charge is -2.29.